The number of fused-ring (bicyclic) bond motifs is 1. The smallest absolute Gasteiger partial charge is 0.247 e. The van der Waals surface area contributed by atoms with Crippen molar-refractivity contribution in [1.82, 2.24) is 24.5 Å². The molecule has 1 atom stereocenters. The van der Waals surface area contributed by atoms with Crippen molar-refractivity contribution in [2.75, 3.05) is 35.7 Å². The number of hydrogen-bond donors (Lipinski definition) is 3. The van der Waals surface area contributed by atoms with Crippen LogP contribution in [0.2, 0.25) is 0 Å². The van der Waals surface area contributed by atoms with Crippen LogP contribution in [-0.4, -0.2) is 68.1 Å². The Morgan fingerprint density at radius 3 is 2.76 bits per heavy atom. The summed E-state index contributed by atoms with van der Waals surface area (Å²) >= 11 is 0. The highest BCUT2D eigenvalue weighted by atomic mass is 19.1. The molecule has 12 heteroatoms. The minimum Gasteiger partial charge on any atom is -0.381 e. The van der Waals surface area contributed by atoms with Crippen LogP contribution in [-0.2, 0) is 20.9 Å². The molecule has 0 aliphatic carbocycles. The van der Waals surface area contributed by atoms with E-state index in [4.69, 9.17) is 9.72 Å². The van der Waals surface area contributed by atoms with Crippen LogP contribution in [0.3, 0.4) is 0 Å². The normalized spacial score (nSPS) is 18.0. The summed E-state index contributed by atoms with van der Waals surface area (Å²) in [6.07, 6.45) is 6.98. The first-order valence-electron chi connectivity index (χ1n) is 14.2. The van der Waals surface area contributed by atoms with E-state index in [9.17, 15) is 14.0 Å². The fourth-order valence-electron chi connectivity index (χ4n) is 5.28. The van der Waals surface area contributed by atoms with E-state index in [1.165, 1.54) is 18.2 Å². The Balaban J connectivity index is 1.34. The number of benzene rings is 1. The fraction of sp³-hybridized carbons (Fsp3) is 0.483. The zero-order chi connectivity index (χ0) is 28.9. The molecule has 0 radical (unpaired) electrons. The molecular formula is C29H37FN8O3. The largest absolute Gasteiger partial charge is 0.381 e. The Morgan fingerprint density at radius 2 is 2.00 bits per heavy atom. The Kier molecular flexibility index (Phi) is 8.77. The summed E-state index contributed by atoms with van der Waals surface area (Å²) in [5.41, 5.74) is 2.45. The minimum absolute atomic E-state index is 0.0970. The lowest BCUT2D eigenvalue weighted by molar-refractivity contribution is -0.136. The molecule has 1 unspecified atom stereocenters. The number of rotatable bonds is 9. The first-order valence-corrected chi connectivity index (χ1v) is 14.2. The number of carbonyl (C=O) groups is 2. The summed E-state index contributed by atoms with van der Waals surface area (Å²) in [6, 6.07) is 4.03. The van der Waals surface area contributed by atoms with Gasteiger partial charge in [0.25, 0.3) is 0 Å². The lowest BCUT2D eigenvalue weighted by Crippen LogP contribution is -2.49. The second kappa shape index (κ2) is 12.6. The highest BCUT2D eigenvalue weighted by molar-refractivity contribution is 5.99. The van der Waals surface area contributed by atoms with E-state index in [-0.39, 0.29) is 30.3 Å². The first-order chi connectivity index (χ1) is 19.8. The number of aromatic nitrogens is 4. The third-order valence-corrected chi connectivity index (χ3v) is 7.59. The second-order valence-corrected chi connectivity index (χ2v) is 10.8. The SMILES string of the molecule is C=CC(=O)N1CCCCC1C(=O)Nc1ccc(F)c(CNc2nc(NC3CCOCC3)nc3c(C(C)C)cnn23)c1. The summed E-state index contributed by atoms with van der Waals surface area (Å²) < 4.78 is 22.0. The fourth-order valence-corrected chi connectivity index (χ4v) is 5.28. The number of amides is 2. The van der Waals surface area contributed by atoms with Crippen molar-refractivity contribution in [3.63, 3.8) is 0 Å². The van der Waals surface area contributed by atoms with Gasteiger partial charge in [-0.15, -0.1) is 0 Å². The third-order valence-electron chi connectivity index (χ3n) is 7.59. The maximum atomic E-state index is 14.9. The van der Waals surface area contributed by atoms with E-state index in [1.54, 1.807) is 21.7 Å². The number of carbonyl (C=O) groups excluding carboxylic acids is 2. The number of piperidine rings is 1. The Hall–Kier alpha value is -4.06. The molecule has 11 nitrogen and oxygen atoms in total. The van der Waals surface area contributed by atoms with Gasteiger partial charge in [0.05, 0.1) is 6.20 Å². The molecule has 3 N–H and O–H groups in total. The van der Waals surface area contributed by atoms with E-state index >= 15 is 0 Å². The van der Waals surface area contributed by atoms with Crippen molar-refractivity contribution in [2.45, 2.75) is 70.5 Å². The minimum atomic E-state index is -0.591. The molecule has 4 heterocycles. The zero-order valence-corrected chi connectivity index (χ0v) is 23.5. The van der Waals surface area contributed by atoms with E-state index in [0.717, 1.165) is 31.2 Å². The number of halogens is 1. The summed E-state index contributed by atoms with van der Waals surface area (Å²) in [7, 11) is 0. The lowest BCUT2D eigenvalue weighted by atomic mass is 10.0. The van der Waals surface area contributed by atoms with Gasteiger partial charge in [0.2, 0.25) is 23.7 Å². The molecule has 218 valence electrons. The second-order valence-electron chi connectivity index (χ2n) is 10.8. The number of nitrogens with zero attached hydrogens (tertiary/aromatic N) is 5. The topological polar surface area (TPSA) is 126 Å². The van der Waals surface area contributed by atoms with Gasteiger partial charge in [0.15, 0.2) is 5.65 Å². The quantitative estimate of drug-likeness (QED) is 0.332. The summed E-state index contributed by atoms with van der Waals surface area (Å²) in [6.45, 7) is 9.67. The molecular weight excluding hydrogens is 527 g/mol. The Morgan fingerprint density at radius 1 is 1.20 bits per heavy atom. The van der Waals surface area contributed by atoms with Gasteiger partial charge < -0.3 is 25.6 Å². The van der Waals surface area contributed by atoms with Gasteiger partial charge in [-0.25, -0.2) is 4.39 Å². The molecule has 3 aromatic rings. The van der Waals surface area contributed by atoms with Gasteiger partial charge >= 0.3 is 0 Å². The van der Waals surface area contributed by atoms with Crippen LogP contribution in [0.4, 0.5) is 22.0 Å². The molecule has 2 fully saturated rings. The van der Waals surface area contributed by atoms with Gasteiger partial charge in [-0.3, -0.25) is 9.59 Å². The van der Waals surface area contributed by atoms with Gasteiger partial charge in [-0.05, 0) is 62.3 Å². The summed E-state index contributed by atoms with van der Waals surface area (Å²) in [5, 5.41) is 14.0. The van der Waals surface area contributed by atoms with Crippen LogP contribution in [0, 0.1) is 5.82 Å². The molecule has 2 aromatic heterocycles. The molecule has 2 aliphatic rings. The van der Waals surface area contributed by atoms with Crippen LogP contribution in [0.5, 0.6) is 0 Å². The Labute approximate surface area is 238 Å². The third kappa shape index (κ3) is 6.48. The number of hydrogen-bond acceptors (Lipinski definition) is 8. The van der Waals surface area contributed by atoms with Crippen molar-refractivity contribution < 1.29 is 18.7 Å². The number of nitrogens with one attached hydrogen (secondary N) is 3. The lowest BCUT2D eigenvalue weighted by Gasteiger charge is -2.34. The maximum Gasteiger partial charge on any atom is 0.247 e. The number of ether oxygens (including phenoxy) is 1. The maximum absolute atomic E-state index is 14.9. The van der Waals surface area contributed by atoms with Crippen molar-refractivity contribution in [2.24, 2.45) is 0 Å². The highest BCUT2D eigenvalue weighted by Crippen LogP contribution is 2.25. The molecule has 0 spiro atoms. The van der Waals surface area contributed by atoms with Crippen LogP contribution < -0.4 is 16.0 Å². The average Bonchev–Trinajstić information content (AvgIpc) is 3.42. The van der Waals surface area contributed by atoms with E-state index in [1.807, 2.05) is 0 Å². The number of likely N-dealkylation sites (tertiary alicyclic amines) is 1. The van der Waals surface area contributed by atoms with Crippen LogP contribution in [0.15, 0.2) is 37.1 Å². The van der Waals surface area contributed by atoms with Gasteiger partial charge in [0.1, 0.15) is 11.9 Å². The number of anilines is 3. The van der Waals surface area contributed by atoms with Gasteiger partial charge in [0, 0.05) is 49.2 Å². The molecule has 2 saturated heterocycles. The molecule has 41 heavy (non-hydrogen) atoms. The highest BCUT2D eigenvalue weighted by Gasteiger charge is 2.31. The molecule has 1 aromatic carbocycles. The molecule has 5 rings (SSSR count). The van der Waals surface area contributed by atoms with Crippen LogP contribution >= 0.6 is 0 Å². The molecule has 0 bridgehead atoms. The zero-order valence-electron chi connectivity index (χ0n) is 23.5. The van der Waals surface area contributed by atoms with E-state index in [0.29, 0.717) is 55.0 Å². The van der Waals surface area contributed by atoms with Crippen molar-refractivity contribution >= 4 is 35.0 Å². The van der Waals surface area contributed by atoms with Gasteiger partial charge in [-0.1, -0.05) is 20.4 Å². The molecule has 2 aliphatic heterocycles. The Bertz CT molecular complexity index is 1420. The monoisotopic (exact) mass is 564 g/mol. The summed E-state index contributed by atoms with van der Waals surface area (Å²) in [5.74, 6) is 0.101. The predicted octanol–water partition coefficient (Wildman–Crippen LogP) is 4.10. The summed E-state index contributed by atoms with van der Waals surface area (Å²) in [4.78, 5) is 36.3. The molecule has 2 amide bonds. The van der Waals surface area contributed by atoms with Crippen molar-refractivity contribution in [3.05, 3.63) is 54.0 Å². The standard InChI is InChI=1S/C29H37FN8O3/c1-4-25(39)37-12-6-5-7-24(37)27(40)33-21-8-9-23(30)19(15-21)16-31-29-36-28(34-20-10-13-41-14-11-20)35-26-22(18(2)3)17-32-38(26)29/h4,8-9,15,17-18,20,24H,1,5-7,10-14,16H2,2-3H3,(H,33,40)(H2,31,34,35,36). The van der Waals surface area contributed by atoms with Gasteiger partial charge in [-0.2, -0.15) is 19.6 Å². The van der Waals surface area contributed by atoms with E-state index < -0.39 is 11.9 Å². The van der Waals surface area contributed by atoms with Crippen LogP contribution in [0.25, 0.3) is 5.65 Å². The van der Waals surface area contributed by atoms with Crippen LogP contribution in [0.1, 0.15) is 63.0 Å². The van der Waals surface area contributed by atoms with Crippen molar-refractivity contribution in [1.29, 1.82) is 0 Å². The predicted molar refractivity (Wildman–Crippen MR) is 154 cm³/mol. The van der Waals surface area contributed by atoms with Crippen molar-refractivity contribution in [3.8, 4) is 0 Å². The average molecular weight is 565 g/mol. The first kappa shape index (κ1) is 28.5. The van der Waals surface area contributed by atoms with E-state index in [2.05, 4.69) is 46.5 Å². The molecule has 0 saturated carbocycles.